The zero-order valence-corrected chi connectivity index (χ0v) is 13.4. The van der Waals surface area contributed by atoms with E-state index in [4.69, 9.17) is 0 Å². The van der Waals surface area contributed by atoms with Crippen LogP contribution in [-0.2, 0) is 16.4 Å². The van der Waals surface area contributed by atoms with Crippen molar-refractivity contribution in [1.82, 2.24) is 10.3 Å². The molecule has 0 radical (unpaired) electrons. The Morgan fingerprint density at radius 2 is 1.90 bits per heavy atom. The van der Waals surface area contributed by atoms with Crippen LogP contribution in [0.2, 0.25) is 0 Å². The summed E-state index contributed by atoms with van der Waals surface area (Å²) in [6, 6.07) is 8.06. The van der Waals surface area contributed by atoms with Gasteiger partial charge in [-0.1, -0.05) is 24.3 Å². The molecule has 0 aliphatic rings. The molecule has 5 nitrogen and oxygen atoms in total. The molecule has 6 heteroatoms. The molecule has 0 saturated carbocycles. The number of hydrogen-bond acceptors (Lipinski definition) is 5. The van der Waals surface area contributed by atoms with E-state index in [2.05, 4.69) is 16.4 Å². The summed E-state index contributed by atoms with van der Waals surface area (Å²) in [5, 5.41) is 5.32. The SMILES string of the molecule is CNCc1cnc(N(C)CCS(C)(=O)=O)c2ccccc12. The van der Waals surface area contributed by atoms with Crippen molar-refractivity contribution in [2.45, 2.75) is 6.54 Å². The van der Waals surface area contributed by atoms with E-state index < -0.39 is 9.84 Å². The van der Waals surface area contributed by atoms with E-state index in [9.17, 15) is 8.42 Å². The van der Waals surface area contributed by atoms with Gasteiger partial charge in [0.05, 0.1) is 5.75 Å². The number of nitrogens with zero attached hydrogens (tertiary/aromatic N) is 2. The quantitative estimate of drug-likeness (QED) is 0.875. The fraction of sp³-hybridized carbons (Fsp3) is 0.400. The molecule has 0 amide bonds. The maximum atomic E-state index is 11.3. The number of benzene rings is 1. The molecule has 0 aliphatic heterocycles. The first-order valence-corrected chi connectivity index (χ1v) is 8.88. The molecule has 0 atom stereocenters. The second kappa shape index (κ2) is 6.41. The number of anilines is 1. The summed E-state index contributed by atoms with van der Waals surface area (Å²) >= 11 is 0. The Labute approximate surface area is 125 Å². The monoisotopic (exact) mass is 307 g/mol. The number of aromatic nitrogens is 1. The van der Waals surface area contributed by atoms with Gasteiger partial charge in [-0.3, -0.25) is 0 Å². The molecule has 114 valence electrons. The number of pyridine rings is 1. The minimum Gasteiger partial charge on any atom is -0.358 e. The highest BCUT2D eigenvalue weighted by atomic mass is 32.2. The summed E-state index contributed by atoms with van der Waals surface area (Å²) in [4.78, 5) is 6.41. The van der Waals surface area contributed by atoms with Gasteiger partial charge in [0, 0.05) is 38.0 Å². The molecule has 2 aromatic rings. The van der Waals surface area contributed by atoms with Gasteiger partial charge in [-0.15, -0.1) is 0 Å². The van der Waals surface area contributed by atoms with Crippen LogP contribution >= 0.6 is 0 Å². The van der Waals surface area contributed by atoms with E-state index in [0.29, 0.717) is 6.54 Å². The van der Waals surface area contributed by atoms with E-state index in [1.807, 2.05) is 43.4 Å². The Kier molecular flexibility index (Phi) is 4.80. The van der Waals surface area contributed by atoms with Crippen LogP contribution in [0.5, 0.6) is 0 Å². The van der Waals surface area contributed by atoms with E-state index in [-0.39, 0.29) is 5.75 Å². The molecule has 1 N–H and O–H groups in total. The summed E-state index contributed by atoms with van der Waals surface area (Å²) in [5.74, 6) is 0.937. The Hall–Kier alpha value is -1.66. The Morgan fingerprint density at radius 1 is 1.24 bits per heavy atom. The lowest BCUT2D eigenvalue weighted by molar-refractivity contribution is 0.601. The second-order valence-corrected chi connectivity index (χ2v) is 7.49. The van der Waals surface area contributed by atoms with E-state index >= 15 is 0 Å². The Balaban J connectivity index is 2.38. The van der Waals surface area contributed by atoms with Gasteiger partial charge in [0.15, 0.2) is 0 Å². The maximum Gasteiger partial charge on any atom is 0.149 e. The van der Waals surface area contributed by atoms with Crippen molar-refractivity contribution < 1.29 is 8.42 Å². The van der Waals surface area contributed by atoms with Gasteiger partial charge in [-0.2, -0.15) is 0 Å². The summed E-state index contributed by atoms with van der Waals surface area (Å²) in [6.45, 7) is 1.18. The van der Waals surface area contributed by atoms with Gasteiger partial charge < -0.3 is 10.2 Å². The topological polar surface area (TPSA) is 62.3 Å². The van der Waals surface area contributed by atoms with Crippen LogP contribution < -0.4 is 10.2 Å². The third kappa shape index (κ3) is 3.92. The number of nitrogens with one attached hydrogen (secondary N) is 1. The van der Waals surface area contributed by atoms with Crippen molar-refractivity contribution in [2.75, 3.05) is 37.5 Å². The smallest absolute Gasteiger partial charge is 0.149 e. The molecule has 0 spiro atoms. The predicted octanol–water partition coefficient (Wildman–Crippen LogP) is 1.44. The lowest BCUT2D eigenvalue weighted by atomic mass is 10.1. The van der Waals surface area contributed by atoms with Crippen LogP contribution in [0.1, 0.15) is 5.56 Å². The summed E-state index contributed by atoms with van der Waals surface area (Å²) in [7, 11) is 0.800. The molecular weight excluding hydrogens is 286 g/mol. The van der Waals surface area contributed by atoms with Gasteiger partial charge >= 0.3 is 0 Å². The zero-order valence-electron chi connectivity index (χ0n) is 12.6. The molecule has 0 unspecified atom stereocenters. The van der Waals surface area contributed by atoms with Gasteiger partial charge in [-0.25, -0.2) is 13.4 Å². The zero-order chi connectivity index (χ0) is 15.5. The van der Waals surface area contributed by atoms with Crippen molar-refractivity contribution in [3.8, 4) is 0 Å². The van der Waals surface area contributed by atoms with Crippen LogP contribution in [-0.4, -0.2) is 46.1 Å². The van der Waals surface area contributed by atoms with Gasteiger partial charge in [-0.05, 0) is 18.0 Å². The first-order valence-electron chi connectivity index (χ1n) is 6.82. The number of rotatable bonds is 6. The maximum absolute atomic E-state index is 11.3. The minimum absolute atomic E-state index is 0.123. The molecule has 1 aromatic carbocycles. The Morgan fingerprint density at radius 3 is 2.52 bits per heavy atom. The standard InChI is InChI=1S/C15H21N3O2S/c1-16-10-12-11-17-15(14-7-5-4-6-13(12)14)18(2)8-9-21(3,19)20/h4-7,11,16H,8-10H2,1-3H3. The summed E-state index contributed by atoms with van der Waals surface area (Å²) in [6.07, 6.45) is 3.10. The second-order valence-electron chi connectivity index (χ2n) is 5.23. The third-order valence-corrected chi connectivity index (χ3v) is 4.31. The molecule has 0 aliphatic carbocycles. The highest BCUT2D eigenvalue weighted by Gasteiger charge is 2.12. The first-order chi connectivity index (χ1) is 9.92. The van der Waals surface area contributed by atoms with Gasteiger partial charge in [0.1, 0.15) is 15.7 Å². The largest absolute Gasteiger partial charge is 0.358 e. The molecule has 0 saturated heterocycles. The predicted molar refractivity (Wildman–Crippen MR) is 87.5 cm³/mol. The molecule has 1 aromatic heterocycles. The fourth-order valence-corrected chi connectivity index (χ4v) is 2.89. The number of hydrogen-bond donors (Lipinski definition) is 1. The molecule has 0 fully saturated rings. The molecular formula is C15H21N3O2S. The van der Waals surface area contributed by atoms with Gasteiger partial charge in [0.2, 0.25) is 0 Å². The molecule has 21 heavy (non-hydrogen) atoms. The minimum atomic E-state index is -2.98. The van der Waals surface area contributed by atoms with Crippen LogP contribution in [0.15, 0.2) is 30.5 Å². The fourth-order valence-electron chi connectivity index (χ4n) is 2.28. The highest BCUT2D eigenvalue weighted by molar-refractivity contribution is 7.90. The van der Waals surface area contributed by atoms with Crippen molar-refractivity contribution in [1.29, 1.82) is 0 Å². The lowest BCUT2D eigenvalue weighted by Crippen LogP contribution is -2.26. The van der Waals surface area contributed by atoms with E-state index in [0.717, 1.165) is 28.7 Å². The van der Waals surface area contributed by atoms with Crippen LogP contribution in [0.4, 0.5) is 5.82 Å². The first kappa shape index (κ1) is 15.7. The highest BCUT2D eigenvalue weighted by Crippen LogP contribution is 2.26. The lowest BCUT2D eigenvalue weighted by Gasteiger charge is -2.20. The van der Waals surface area contributed by atoms with Crippen molar-refractivity contribution in [2.24, 2.45) is 0 Å². The van der Waals surface area contributed by atoms with E-state index in [1.165, 1.54) is 6.26 Å². The number of fused-ring (bicyclic) bond motifs is 1. The summed E-state index contributed by atoms with van der Waals surface area (Å²) < 4.78 is 22.6. The normalized spacial score (nSPS) is 11.8. The number of sulfone groups is 1. The molecule has 2 rings (SSSR count). The molecule has 0 bridgehead atoms. The van der Waals surface area contributed by atoms with Gasteiger partial charge in [0.25, 0.3) is 0 Å². The average molecular weight is 307 g/mol. The van der Waals surface area contributed by atoms with Crippen LogP contribution in [0.25, 0.3) is 10.8 Å². The molecule has 1 heterocycles. The third-order valence-electron chi connectivity index (χ3n) is 3.38. The van der Waals surface area contributed by atoms with Crippen LogP contribution in [0.3, 0.4) is 0 Å². The van der Waals surface area contributed by atoms with Crippen molar-refractivity contribution >= 4 is 26.4 Å². The van der Waals surface area contributed by atoms with E-state index in [1.54, 1.807) is 0 Å². The van der Waals surface area contributed by atoms with Crippen LogP contribution in [0, 0.1) is 0 Å². The average Bonchev–Trinajstić information content (AvgIpc) is 2.44. The van der Waals surface area contributed by atoms with Crippen molar-refractivity contribution in [3.05, 3.63) is 36.0 Å². The summed E-state index contributed by atoms with van der Waals surface area (Å²) in [5.41, 5.74) is 1.13. The Bertz CT molecular complexity index is 729. The van der Waals surface area contributed by atoms with Crippen molar-refractivity contribution in [3.63, 3.8) is 0 Å².